The van der Waals surface area contributed by atoms with E-state index in [2.05, 4.69) is 35.8 Å². The summed E-state index contributed by atoms with van der Waals surface area (Å²) in [6.45, 7) is 1.93. The molecule has 0 radical (unpaired) electrons. The molecule has 2 aromatic heterocycles. The Labute approximate surface area is 172 Å². The Balaban J connectivity index is 1.38. The predicted molar refractivity (Wildman–Crippen MR) is 109 cm³/mol. The zero-order chi connectivity index (χ0) is 20.0. The Morgan fingerprint density at radius 2 is 1.83 bits per heavy atom. The molecule has 0 unspecified atom stereocenters. The number of H-pyrrole nitrogens is 1. The highest BCUT2D eigenvalue weighted by atomic mass is 35.5. The maximum atomic E-state index is 13.3. The lowest BCUT2D eigenvalue weighted by molar-refractivity contribution is 0.626. The first kappa shape index (κ1) is 18.3. The average Bonchev–Trinajstić information content (AvgIpc) is 3.60. The maximum absolute atomic E-state index is 13.3. The highest BCUT2D eigenvalue weighted by Crippen LogP contribution is 2.40. The van der Waals surface area contributed by atoms with Crippen LogP contribution in [-0.2, 0) is 0 Å². The molecule has 150 valence electrons. The third kappa shape index (κ3) is 4.17. The van der Waals surface area contributed by atoms with Crippen molar-refractivity contribution < 1.29 is 4.39 Å². The van der Waals surface area contributed by atoms with Crippen LogP contribution < -0.4 is 10.6 Å². The third-order valence-corrected chi connectivity index (χ3v) is 5.55. The second-order valence-electron chi connectivity index (χ2n) is 7.75. The summed E-state index contributed by atoms with van der Waals surface area (Å²) >= 11 is 6.20. The lowest BCUT2D eigenvalue weighted by atomic mass is 10.1. The van der Waals surface area contributed by atoms with E-state index in [1.165, 1.54) is 25.0 Å². The van der Waals surface area contributed by atoms with Crippen LogP contribution in [0.3, 0.4) is 0 Å². The van der Waals surface area contributed by atoms with Crippen molar-refractivity contribution in [2.45, 2.75) is 50.5 Å². The first-order chi connectivity index (χ1) is 14.0. The van der Waals surface area contributed by atoms with E-state index in [-0.39, 0.29) is 11.9 Å². The summed E-state index contributed by atoms with van der Waals surface area (Å²) in [7, 11) is 0. The molecule has 3 N–H and O–H groups in total. The number of aromatic amines is 1. The molecule has 29 heavy (non-hydrogen) atoms. The van der Waals surface area contributed by atoms with Crippen LogP contribution in [0.25, 0.3) is 0 Å². The van der Waals surface area contributed by atoms with Crippen LogP contribution in [0, 0.1) is 5.82 Å². The van der Waals surface area contributed by atoms with E-state index < -0.39 is 0 Å². The first-order valence-electron chi connectivity index (χ1n) is 9.85. The molecule has 7 nitrogen and oxygen atoms in total. The summed E-state index contributed by atoms with van der Waals surface area (Å²) in [5, 5.41) is 14.2. The second-order valence-corrected chi connectivity index (χ2v) is 8.16. The number of aromatic nitrogens is 5. The minimum absolute atomic E-state index is 0.197. The van der Waals surface area contributed by atoms with Crippen molar-refractivity contribution in [1.82, 2.24) is 25.1 Å². The van der Waals surface area contributed by atoms with Crippen LogP contribution in [0.2, 0.25) is 5.02 Å². The molecular weight excluding hydrogens is 393 g/mol. The molecule has 0 bridgehead atoms. The molecule has 5 rings (SSSR count). The molecule has 9 heteroatoms. The van der Waals surface area contributed by atoms with Gasteiger partial charge in [0, 0.05) is 28.6 Å². The fourth-order valence-corrected chi connectivity index (χ4v) is 3.61. The lowest BCUT2D eigenvalue weighted by Gasteiger charge is -2.16. The van der Waals surface area contributed by atoms with E-state index in [4.69, 9.17) is 11.6 Å². The monoisotopic (exact) mass is 413 g/mol. The number of anilines is 3. The Morgan fingerprint density at radius 3 is 2.55 bits per heavy atom. The van der Waals surface area contributed by atoms with Crippen molar-refractivity contribution in [3.8, 4) is 0 Å². The minimum Gasteiger partial charge on any atom is -0.347 e. The third-order valence-electron chi connectivity index (χ3n) is 5.22. The predicted octanol–water partition coefficient (Wildman–Crippen LogP) is 5.06. The molecule has 3 aromatic rings. The van der Waals surface area contributed by atoms with Gasteiger partial charge in [-0.2, -0.15) is 20.1 Å². The molecule has 0 saturated heterocycles. The fourth-order valence-electron chi connectivity index (χ4n) is 3.28. The molecule has 1 atom stereocenters. The van der Waals surface area contributed by atoms with Crippen LogP contribution in [0.5, 0.6) is 0 Å². The van der Waals surface area contributed by atoms with Gasteiger partial charge >= 0.3 is 0 Å². The molecule has 1 aromatic carbocycles. The van der Waals surface area contributed by atoms with Gasteiger partial charge in [-0.1, -0.05) is 17.7 Å². The van der Waals surface area contributed by atoms with Crippen LogP contribution in [0.4, 0.5) is 22.1 Å². The minimum atomic E-state index is -0.363. The van der Waals surface area contributed by atoms with Gasteiger partial charge in [0.25, 0.3) is 0 Å². The molecule has 0 spiro atoms. The van der Waals surface area contributed by atoms with Gasteiger partial charge in [0.15, 0.2) is 5.82 Å². The number of rotatable bonds is 7. The number of halogens is 2. The van der Waals surface area contributed by atoms with E-state index in [9.17, 15) is 4.39 Å². The van der Waals surface area contributed by atoms with Crippen molar-refractivity contribution in [3.05, 3.63) is 52.2 Å². The summed E-state index contributed by atoms with van der Waals surface area (Å²) in [6, 6.07) is 6.18. The molecule has 2 aliphatic carbocycles. The Bertz CT molecular complexity index is 1050. The first-order valence-corrected chi connectivity index (χ1v) is 10.2. The maximum Gasteiger partial charge on any atom is 0.233 e. The summed E-state index contributed by atoms with van der Waals surface area (Å²) in [5.74, 6) is 2.96. The van der Waals surface area contributed by atoms with Crippen molar-refractivity contribution in [2.75, 3.05) is 10.6 Å². The standard InChI is InChI=1S/C20H21ClFN7/c1-10(14-7-6-13(22)8-15(14)21)23-19-25-18(12-4-5-12)26-20(27-19)24-17-9-16(28-29-17)11-2-3-11/h6-12H,2-5H2,1H3,(H3,23,24,25,26,27,28,29)/t10-/m0/s1. The normalized spacial score (nSPS) is 17.2. The molecule has 0 aliphatic heterocycles. The Hall–Kier alpha value is -2.74. The van der Waals surface area contributed by atoms with Gasteiger partial charge in [-0.05, 0) is 50.3 Å². The number of benzene rings is 1. The van der Waals surface area contributed by atoms with Crippen molar-refractivity contribution >= 4 is 29.3 Å². The quantitative estimate of drug-likeness (QED) is 0.501. The highest BCUT2D eigenvalue weighted by molar-refractivity contribution is 6.31. The van der Waals surface area contributed by atoms with E-state index in [1.54, 1.807) is 6.07 Å². The molecule has 2 saturated carbocycles. The van der Waals surface area contributed by atoms with E-state index in [1.807, 2.05) is 13.0 Å². The van der Waals surface area contributed by atoms with Gasteiger partial charge in [0.2, 0.25) is 11.9 Å². The Morgan fingerprint density at radius 1 is 1.07 bits per heavy atom. The van der Waals surface area contributed by atoms with Crippen molar-refractivity contribution in [1.29, 1.82) is 0 Å². The average molecular weight is 414 g/mol. The molecule has 0 amide bonds. The van der Waals surface area contributed by atoms with E-state index >= 15 is 0 Å². The summed E-state index contributed by atoms with van der Waals surface area (Å²) < 4.78 is 13.3. The van der Waals surface area contributed by atoms with Gasteiger partial charge in [0.1, 0.15) is 11.6 Å². The molecule has 2 fully saturated rings. The highest BCUT2D eigenvalue weighted by Gasteiger charge is 2.29. The summed E-state index contributed by atoms with van der Waals surface area (Å²) in [6.07, 6.45) is 4.57. The zero-order valence-electron chi connectivity index (χ0n) is 15.9. The number of hydrogen-bond acceptors (Lipinski definition) is 6. The zero-order valence-corrected chi connectivity index (χ0v) is 16.7. The van der Waals surface area contributed by atoms with E-state index in [0.717, 1.165) is 29.9 Å². The SMILES string of the molecule is C[C@H](Nc1nc(Nc2cc(C3CC3)[nH]n2)nc(C2CC2)n1)c1ccc(F)cc1Cl. The smallest absolute Gasteiger partial charge is 0.233 e. The van der Waals surface area contributed by atoms with Crippen LogP contribution in [0.15, 0.2) is 24.3 Å². The second kappa shape index (κ2) is 7.26. The van der Waals surface area contributed by atoms with Crippen LogP contribution >= 0.6 is 11.6 Å². The van der Waals surface area contributed by atoms with Gasteiger partial charge in [-0.3, -0.25) is 5.10 Å². The summed E-state index contributed by atoms with van der Waals surface area (Å²) in [4.78, 5) is 13.6. The van der Waals surface area contributed by atoms with Crippen LogP contribution in [-0.4, -0.2) is 25.1 Å². The van der Waals surface area contributed by atoms with Gasteiger partial charge in [0.05, 0.1) is 6.04 Å². The van der Waals surface area contributed by atoms with Crippen molar-refractivity contribution in [3.63, 3.8) is 0 Å². The fraction of sp³-hybridized carbons (Fsp3) is 0.400. The lowest BCUT2D eigenvalue weighted by Crippen LogP contribution is -2.13. The number of nitrogens with zero attached hydrogens (tertiary/aromatic N) is 4. The van der Waals surface area contributed by atoms with Gasteiger partial charge < -0.3 is 10.6 Å². The topological polar surface area (TPSA) is 91.4 Å². The summed E-state index contributed by atoms with van der Waals surface area (Å²) in [5.41, 5.74) is 1.92. The molecule has 2 aliphatic rings. The Kier molecular flexibility index (Phi) is 4.58. The van der Waals surface area contributed by atoms with Gasteiger partial charge in [-0.15, -0.1) is 0 Å². The number of hydrogen-bond donors (Lipinski definition) is 3. The largest absolute Gasteiger partial charge is 0.347 e. The van der Waals surface area contributed by atoms with Crippen molar-refractivity contribution in [2.24, 2.45) is 0 Å². The molecular formula is C20H21ClFN7. The molecule has 2 heterocycles. The van der Waals surface area contributed by atoms with E-state index in [0.29, 0.717) is 34.6 Å². The van der Waals surface area contributed by atoms with Gasteiger partial charge in [-0.25, -0.2) is 4.39 Å². The number of nitrogens with one attached hydrogen (secondary N) is 3. The van der Waals surface area contributed by atoms with Crippen LogP contribution in [0.1, 0.15) is 67.6 Å².